The molecule has 4 heterocycles. The highest BCUT2D eigenvalue weighted by Crippen LogP contribution is 2.43. The third-order valence-corrected chi connectivity index (χ3v) is 6.04. The van der Waals surface area contributed by atoms with Gasteiger partial charge in [-0.2, -0.15) is 23.3 Å². The summed E-state index contributed by atoms with van der Waals surface area (Å²) >= 11 is 0. The molecule has 1 N–H and O–H groups in total. The van der Waals surface area contributed by atoms with Crippen molar-refractivity contribution in [2.75, 3.05) is 11.9 Å². The Balaban J connectivity index is 1.64. The van der Waals surface area contributed by atoms with Gasteiger partial charge in [0.05, 0.1) is 42.1 Å². The first-order chi connectivity index (χ1) is 17.8. The summed E-state index contributed by atoms with van der Waals surface area (Å²) in [6.45, 7) is 2.00. The van der Waals surface area contributed by atoms with Gasteiger partial charge in [0.25, 0.3) is 0 Å². The molecule has 8 nitrogen and oxygen atoms in total. The number of fused-ring (bicyclic) bond motifs is 2. The topological polar surface area (TPSA) is 94.8 Å². The lowest BCUT2D eigenvalue weighted by atomic mass is 9.87. The van der Waals surface area contributed by atoms with E-state index >= 15 is 0 Å². The molecule has 1 amide bonds. The summed E-state index contributed by atoms with van der Waals surface area (Å²) in [4.78, 5) is 25.1. The van der Waals surface area contributed by atoms with E-state index in [1.807, 2.05) is 0 Å². The van der Waals surface area contributed by atoms with Crippen molar-refractivity contribution in [3.8, 4) is 17.4 Å². The van der Waals surface area contributed by atoms with Crippen LogP contribution in [0.25, 0.3) is 22.6 Å². The van der Waals surface area contributed by atoms with Crippen molar-refractivity contribution in [1.29, 1.82) is 0 Å². The molecule has 0 unspecified atom stereocenters. The molecule has 1 aliphatic rings. The molecule has 0 saturated heterocycles. The maximum Gasteiger partial charge on any atom is 0.392 e. The molecule has 0 atom stereocenters. The van der Waals surface area contributed by atoms with Crippen LogP contribution in [-0.4, -0.2) is 43.4 Å². The minimum atomic E-state index is -4.49. The van der Waals surface area contributed by atoms with Crippen molar-refractivity contribution in [2.24, 2.45) is 0 Å². The van der Waals surface area contributed by atoms with Crippen molar-refractivity contribution >= 4 is 22.8 Å². The van der Waals surface area contributed by atoms with Gasteiger partial charge in [-0.3, -0.25) is 4.79 Å². The number of hydrogen-bond donors (Lipinski definition) is 1. The van der Waals surface area contributed by atoms with Gasteiger partial charge >= 0.3 is 6.18 Å². The zero-order valence-electron chi connectivity index (χ0n) is 19.8. The number of carbonyl (C=O) groups is 1. The van der Waals surface area contributed by atoms with Gasteiger partial charge in [0.15, 0.2) is 23.1 Å². The summed E-state index contributed by atoms with van der Waals surface area (Å²) in [5.74, 6) is -3.88. The predicted molar refractivity (Wildman–Crippen MR) is 122 cm³/mol. The van der Waals surface area contributed by atoms with Crippen LogP contribution < -0.4 is 10.1 Å². The number of anilines is 1. The first-order valence-electron chi connectivity index (χ1n) is 11.2. The first-order valence-corrected chi connectivity index (χ1v) is 11.2. The minimum absolute atomic E-state index is 0.00440. The number of hydrogen-bond acceptors (Lipinski definition) is 6. The fraction of sp³-hybridized carbons (Fsp3) is 0.292. The number of halogens is 6. The van der Waals surface area contributed by atoms with Gasteiger partial charge in [0.1, 0.15) is 17.3 Å². The maximum absolute atomic E-state index is 14.3. The molecular formula is C24H18F6N6O2. The highest BCUT2D eigenvalue weighted by Gasteiger charge is 2.44. The molecule has 0 saturated carbocycles. The summed E-state index contributed by atoms with van der Waals surface area (Å²) in [7, 11) is 0. The Bertz CT molecular complexity index is 1580. The molecule has 1 aliphatic heterocycles. The summed E-state index contributed by atoms with van der Waals surface area (Å²) in [6, 6.07) is 4.68. The first kappa shape index (κ1) is 25.4. The van der Waals surface area contributed by atoms with E-state index in [0.29, 0.717) is 0 Å². The van der Waals surface area contributed by atoms with Crippen molar-refractivity contribution in [3.63, 3.8) is 0 Å². The zero-order chi connectivity index (χ0) is 27.4. The lowest BCUT2D eigenvalue weighted by Gasteiger charge is -2.18. The van der Waals surface area contributed by atoms with E-state index in [9.17, 15) is 31.1 Å². The number of alkyl halides is 3. The zero-order valence-corrected chi connectivity index (χ0v) is 19.8. The Kier molecular flexibility index (Phi) is 5.99. The largest absolute Gasteiger partial charge is 0.477 e. The van der Waals surface area contributed by atoms with Gasteiger partial charge in [0.2, 0.25) is 11.8 Å². The predicted octanol–water partition coefficient (Wildman–Crippen LogP) is 4.91. The lowest BCUT2D eigenvalue weighted by Crippen LogP contribution is -2.27. The van der Waals surface area contributed by atoms with E-state index in [2.05, 4.69) is 25.4 Å². The number of amides is 1. The highest BCUT2D eigenvalue weighted by molar-refractivity contribution is 6.05. The van der Waals surface area contributed by atoms with Gasteiger partial charge in [-0.1, -0.05) is 12.1 Å². The van der Waals surface area contributed by atoms with Gasteiger partial charge in [-0.25, -0.2) is 27.8 Å². The maximum atomic E-state index is 14.3. The molecule has 38 heavy (non-hydrogen) atoms. The Morgan fingerprint density at radius 2 is 1.89 bits per heavy atom. The molecule has 14 heteroatoms. The smallest absolute Gasteiger partial charge is 0.392 e. The van der Waals surface area contributed by atoms with E-state index in [1.165, 1.54) is 30.7 Å². The number of benzene rings is 1. The number of nitrogens with zero attached hydrogens (tertiary/aromatic N) is 5. The van der Waals surface area contributed by atoms with Gasteiger partial charge in [0, 0.05) is 5.56 Å². The van der Waals surface area contributed by atoms with Gasteiger partial charge < -0.3 is 10.1 Å². The summed E-state index contributed by atoms with van der Waals surface area (Å²) in [6.07, 6.45) is -4.86. The van der Waals surface area contributed by atoms with Crippen molar-refractivity contribution in [1.82, 2.24) is 24.7 Å². The SMILES string of the molecule is CC1(C)C(=O)Nc2nc(-c3nn(Cc4cccc(F)c4F)c4ncc(F)cc34)nc(OCCC(F)(F)F)c21. The second-order valence-electron chi connectivity index (χ2n) is 9.11. The highest BCUT2D eigenvalue weighted by atomic mass is 19.4. The van der Waals surface area contributed by atoms with Gasteiger partial charge in [-0.15, -0.1) is 0 Å². The molecule has 3 aromatic heterocycles. The normalized spacial score (nSPS) is 14.6. The number of aromatic nitrogens is 5. The molecular weight excluding hydrogens is 518 g/mol. The van der Waals surface area contributed by atoms with Crippen molar-refractivity contribution in [3.05, 3.63) is 59.0 Å². The summed E-state index contributed by atoms with van der Waals surface area (Å²) in [5, 5.41) is 6.98. The molecule has 5 rings (SSSR count). The quantitative estimate of drug-likeness (QED) is 0.352. The molecule has 0 radical (unpaired) electrons. The number of nitrogens with one attached hydrogen (secondary N) is 1. The van der Waals surface area contributed by atoms with Crippen molar-refractivity contribution in [2.45, 2.75) is 38.4 Å². The molecule has 0 spiro atoms. The van der Waals surface area contributed by atoms with Crippen LogP contribution in [0.15, 0.2) is 30.5 Å². The van der Waals surface area contributed by atoms with Crippen LogP contribution >= 0.6 is 0 Å². The van der Waals surface area contributed by atoms with Crippen LogP contribution in [0.4, 0.5) is 32.2 Å². The average Bonchev–Trinajstić information content (AvgIpc) is 3.29. The van der Waals surface area contributed by atoms with Crippen molar-refractivity contribution < 1.29 is 35.9 Å². The molecule has 4 aromatic rings. The van der Waals surface area contributed by atoms with E-state index in [4.69, 9.17) is 4.74 Å². The minimum Gasteiger partial charge on any atom is -0.477 e. The third-order valence-electron chi connectivity index (χ3n) is 6.04. The van der Waals surface area contributed by atoms with Crippen LogP contribution in [-0.2, 0) is 16.8 Å². The van der Waals surface area contributed by atoms with E-state index in [0.717, 1.165) is 18.3 Å². The fourth-order valence-corrected chi connectivity index (χ4v) is 4.09. The lowest BCUT2D eigenvalue weighted by molar-refractivity contribution is -0.139. The fourth-order valence-electron chi connectivity index (χ4n) is 4.09. The molecule has 198 valence electrons. The van der Waals surface area contributed by atoms with E-state index in [1.54, 1.807) is 0 Å². The van der Waals surface area contributed by atoms with Crippen LogP contribution in [0, 0.1) is 17.5 Å². The summed E-state index contributed by atoms with van der Waals surface area (Å²) in [5.41, 5.74) is -1.11. The van der Waals surface area contributed by atoms with E-state index in [-0.39, 0.29) is 51.9 Å². The Morgan fingerprint density at radius 3 is 2.63 bits per heavy atom. The number of pyridine rings is 1. The molecule has 1 aromatic carbocycles. The number of carbonyl (C=O) groups excluding carboxylic acids is 1. The molecule has 0 bridgehead atoms. The number of rotatable bonds is 6. The van der Waals surface area contributed by atoms with Crippen LogP contribution in [0.3, 0.4) is 0 Å². The standard InChI is InChI=1S/C24H18F6N6O2/c1-23(2)15-18(34-22(23)37)32-19(33-21(15)38-7-6-24(28,29)30)17-13-8-12(25)9-31-20(13)36(35-17)10-11-4-3-5-14(26)16(11)27/h3-5,8-9H,6-7,10H2,1-2H3,(H,32,33,34,37). The summed E-state index contributed by atoms with van der Waals surface area (Å²) < 4.78 is 87.1. The van der Waals surface area contributed by atoms with E-state index < -0.39 is 48.0 Å². The Morgan fingerprint density at radius 1 is 1.13 bits per heavy atom. The van der Waals surface area contributed by atoms with Gasteiger partial charge in [-0.05, 0) is 26.0 Å². The number of ether oxygens (including phenoxy) is 1. The third kappa shape index (κ3) is 4.50. The molecule has 0 aliphatic carbocycles. The monoisotopic (exact) mass is 536 g/mol. The molecule has 0 fully saturated rings. The second kappa shape index (κ2) is 8.96. The van der Waals surface area contributed by atoms with Crippen LogP contribution in [0.1, 0.15) is 31.4 Å². The van der Waals surface area contributed by atoms with Crippen LogP contribution in [0.2, 0.25) is 0 Å². The Labute approximate surface area is 210 Å². The second-order valence-corrected chi connectivity index (χ2v) is 9.11. The van der Waals surface area contributed by atoms with Crippen LogP contribution in [0.5, 0.6) is 5.88 Å². The average molecular weight is 536 g/mol. The Hall–Kier alpha value is -4.23.